The first kappa shape index (κ1) is 23.1. The van der Waals surface area contributed by atoms with E-state index in [-0.39, 0.29) is 11.5 Å². The molecule has 5 rings (SSSR count). The summed E-state index contributed by atoms with van der Waals surface area (Å²) in [6, 6.07) is 19.8. The van der Waals surface area contributed by atoms with E-state index >= 15 is 0 Å². The number of hydrogen-bond donors (Lipinski definition) is 1. The average Bonchev–Trinajstić information content (AvgIpc) is 2.89. The van der Waals surface area contributed by atoms with E-state index in [1.54, 1.807) is 6.07 Å². The Hall–Kier alpha value is -3.65. The van der Waals surface area contributed by atoms with E-state index < -0.39 is 0 Å². The van der Waals surface area contributed by atoms with E-state index in [1.165, 1.54) is 5.69 Å². The number of benzene rings is 2. The summed E-state index contributed by atoms with van der Waals surface area (Å²) in [5, 5.41) is 0. The molecule has 3 heterocycles. The lowest BCUT2D eigenvalue weighted by molar-refractivity contribution is 0.0745. The molecule has 8 heteroatoms. The van der Waals surface area contributed by atoms with Crippen molar-refractivity contribution in [3.63, 3.8) is 0 Å². The lowest BCUT2D eigenvalue weighted by Gasteiger charge is -2.36. The summed E-state index contributed by atoms with van der Waals surface area (Å²) in [6.07, 6.45) is 0. The quantitative estimate of drug-likeness (QED) is 0.615. The molecule has 1 N–H and O–H groups in total. The van der Waals surface area contributed by atoms with Crippen LogP contribution in [0, 0.1) is 6.92 Å². The van der Waals surface area contributed by atoms with Crippen molar-refractivity contribution in [2.75, 3.05) is 62.2 Å². The number of nitrogens with zero attached hydrogens (tertiary/aromatic N) is 5. The van der Waals surface area contributed by atoms with Gasteiger partial charge in [0.15, 0.2) is 0 Å². The molecule has 2 saturated heterocycles. The summed E-state index contributed by atoms with van der Waals surface area (Å²) in [7, 11) is 0. The van der Waals surface area contributed by atoms with Crippen LogP contribution in [0.4, 0.5) is 11.6 Å². The minimum atomic E-state index is -0.133. The highest BCUT2D eigenvalue weighted by atomic mass is 16.2. The second-order valence-corrected chi connectivity index (χ2v) is 9.25. The van der Waals surface area contributed by atoms with Gasteiger partial charge >= 0.3 is 0 Å². The number of rotatable bonds is 5. The van der Waals surface area contributed by atoms with Crippen molar-refractivity contribution < 1.29 is 4.79 Å². The van der Waals surface area contributed by atoms with Crippen LogP contribution in [-0.2, 0) is 6.54 Å². The molecule has 0 saturated carbocycles. The Kier molecular flexibility index (Phi) is 6.81. The van der Waals surface area contributed by atoms with E-state index in [1.807, 2.05) is 42.2 Å². The number of piperazine rings is 2. The Bertz CT molecular complexity index is 1210. The third kappa shape index (κ3) is 5.38. The van der Waals surface area contributed by atoms with Crippen LogP contribution in [0.25, 0.3) is 0 Å². The third-order valence-corrected chi connectivity index (χ3v) is 6.90. The van der Waals surface area contributed by atoms with Gasteiger partial charge in [0.2, 0.25) is 5.95 Å². The predicted octanol–water partition coefficient (Wildman–Crippen LogP) is 2.36. The van der Waals surface area contributed by atoms with E-state index in [4.69, 9.17) is 4.98 Å². The Morgan fingerprint density at radius 1 is 0.857 bits per heavy atom. The highest BCUT2D eigenvalue weighted by Gasteiger charge is 2.25. The Morgan fingerprint density at radius 3 is 2.23 bits per heavy atom. The molecule has 0 unspecified atom stereocenters. The number of aromatic amines is 1. The first-order valence-electron chi connectivity index (χ1n) is 12.3. The van der Waals surface area contributed by atoms with Crippen LogP contribution in [0.1, 0.15) is 21.6 Å². The normalized spacial score (nSPS) is 17.0. The molecule has 182 valence electrons. The lowest BCUT2D eigenvalue weighted by atomic mass is 10.1. The molecule has 0 radical (unpaired) electrons. The number of nitrogens with one attached hydrogen (secondary N) is 1. The van der Waals surface area contributed by atoms with Crippen LogP contribution in [0.15, 0.2) is 65.5 Å². The maximum absolute atomic E-state index is 12.9. The molecular weight excluding hydrogens is 440 g/mol. The molecule has 8 nitrogen and oxygen atoms in total. The van der Waals surface area contributed by atoms with E-state index in [2.05, 4.69) is 43.9 Å². The largest absolute Gasteiger partial charge is 0.369 e. The maximum Gasteiger partial charge on any atom is 0.254 e. The van der Waals surface area contributed by atoms with Crippen molar-refractivity contribution in [3.8, 4) is 0 Å². The summed E-state index contributed by atoms with van der Waals surface area (Å²) in [4.78, 5) is 41.7. The standard InChI is InChI=1S/C27H32N6O2/c1-21-7-5-6-10-24(21)26(35)32-15-17-33(18-16-32)27-28-22(19-25(34)29-27)20-30-11-13-31(14-12-30)23-8-3-2-4-9-23/h2-10,19H,11-18,20H2,1H3,(H,28,29,34). The Labute approximate surface area is 205 Å². The molecule has 2 aliphatic rings. The van der Waals surface area contributed by atoms with Crippen LogP contribution >= 0.6 is 0 Å². The fourth-order valence-corrected chi connectivity index (χ4v) is 4.86. The van der Waals surface area contributed by atoms with Crippen molar-refractivity contribution in [2.24, 2.45) is 0 Å². The summed E-state index contributed by atoms with van der Waals surface area (Å²) in [5.74, 6) is 0.658. The van der Waals surface area contributed by atoms with Crippen molar-refractivity contribution in [1.29, 1.82) is 0 Å². The molecule has 35 heavy (non-hydrogen) atoms. The van der Waals surface area contributed by atoms with Crippen molar-refractivity contribution >= 4 is 17.5 Å². The molecule has 3 aromatic rings. The van der Waals surface area contributed by atoms with E-state index in [0.717, 1.165) is 43.0 Å². The average molecular weight is 473 g/mol. The second-order valence-electron chi connectivity index (χ2n) is 9.25. The smallest absolute Gasteiger partial charge is 0.254 e. The molecule has 0 bridgehead atoms. The van der Waals surface area contributed by atoms with E-state index in [0.29, 0.717) is 38.7 Å². The maximum atomic E-state index is 12.9. The zero-order valence-corrected chi connectivity index (χ0v) is 20.2. The molecule has 1 amide bonds. The second kappa shape index (κ2) is 10.3. The van der Waals surface area contributed by atoms with Crippen LogP contribution in [0.2, 0.25) is 0 Å². The first-order valence-corrected chi connectivity index (χ1v) is 12.3. The van der Waals surface area contributed by atoms with Gasteiger partial charge in [0.1, 0.15) is 0 Å². The fourth-order valence-electron chi connectivity index (χ4n) is 4.86. The van der Waals surface area contributed by atoms with Gasteiger partial charge in [-0.25, -0.2) is 4.98 Å². The van der Waals surface area contributed by atoms with Crippen molar-refractivity contribution in [3.05, 3.63) is 87.8 Å². The Balaban J connectivity index is 1.18. The number of aryl methyl sites for hydroxylation is 1. The van der Waals surface area contributed by atoms with Gasteiger partial charge in [-0.05, 0) is 30.7 Å². The van der Waals surface area contributed by atoms with Gasteiger partial charge in [0.05, 0.1) is 5.69 Å². The van der Waals surface area contributed by atoms with Gasteiger partial charge in [-0.3, -0.25) is 19.5 Å². The van der Waals surface area contributed by atoms with Crippen LogP contribution in [0.5, 0.6) is 0 Å². The number of aromatic nitrogens is 2. The molecule has 1 aromatic heterocycles. The lowest BCUT2D eigenvalue weighted by Crippen LogP contribution is -2.49. The topological polar surface area (TPSA) is 75.8 Å². The number of carbonyl (C=O) groups excluding carboxylic acids is 1. The fraction of sp³-hybridized carbons (Fsp3) is 0.370. The molecule has 2 fully saturated rings. The molecular formula is C27H32N6O2. The Morgan fingerprint density at radius 2 is 1.51 bits per heavy atom. The third-order valence-electron chi connectivity index (χ3n) is 6.90. The van der Waals surface area contributed by atoms with Crippen LogP contribution in [0.3, 0.4) is 0 Å². The molecule has 0 atom stereocenters. The van der Waals surface area contributed by atoms with Gasteiger partial charge < -0.3 is 14.7 Å². The van der Waals surface area contributed by atoms with Gasteiger partial charge in [0.25, 0.3) is 11.5 Å². The summed E-state index contributed by atoms with van der Waals surface area (Å²) in [5.41, 5.74) is 3.65. The van der Waals surface area contributed by atoms with Gasteiger partial charge in [-0.15, -0.1) is 0 Å². The van der Waals surface area contributed by atoms with Crippen LogP contribution < -0.4 is 15.4 Å². The molecule has 2 aromatic carbocycles. The summed E-state index contributed by atoms with van der Waals surface area (Å²) < 4.78 is 0. The summed E-state index contributed by atoms with van der Waals surface area (Å²) in [6.45, 7) is 8.87. The zero-order valence-electron chi connectivity index (χ0n) is 20.2. The van der Waals surface area contributed by atoms with Gasteiger partial charge in [-0.2, -0.15) is 0 Å². The van der Waals surface area contributed by atoms with Crippen molar-refractivity contribution in [2.45, 2.75) is 13.5 Å². The molecule has 2 aliphatic heterocycles. The number of amides is 1. The van der Waals surface area contributed by atoms with E-state index in [9.17, 15) is 9.59 Å². The number of H-pyrrole nitrogens is 1. The number of para-hydroxylation sites is 1. The van der Waals surface area contributed by atoms with Crippen LogP contribution in [-0.4, -0.2) is 78.0 Å². The predicted molar refractivity (Wildman–Crippen MR) is 138 cm³/mol. The number of hydrogen-bond acceptors (Lipinski definition) is 6. The highest BCUT2D eigenvalue weighted by Crippen LogP contribution is 2.18. The SMILES string of the molecule is Cc1ccccc1C(=O)N1CCN(c2nc(CN3CCN(c4ccccc4)CC3)cc(=O)[nH]2)CC1. The zero-order chi connectivity index (χ0) is 24.2. The molecule has 0 spiro atoms. The highest BCUT2D eigenvalue weighted by molar-refractivity contribution is 5.95. The molecule has 0 aliphatic carbocycles. The number of carbonyl (C=O) groups is 1. The number of anilines is 2. The van der Waals surface area contributed by atoms with Crippen molar-refractivity contribution in [1.82, 2.24) is 19.8 Å². The monoisotopic (exact) mass is 472 g/mol. The van der Waals surface area contributed by atoms with Gasteiger partial charge in [0, 0.05) is 76.2 Å². The minimum Gasteiger partial charge on any atom is -0.369 e. The first-order chi connectivity index (χ1) is 17.1. The summed E-state index contributed by atoms with van der Waals surface area (Å²) >= 11 is 0. The van der Waals surface area contributed by atoms with Gasteiger partial charge in [-0.1, -0.05) is 36.4 Å². The minimum absolute atomic E-state index is 0.0626.